The lowest BCUT2D eigenvalue weighted by Crippen LogP contribution is -2.46. The number of hydrogen-bond donors (Lipinski definition) is 1. The van der Waals surface area contributed by atoms with E-state index in [9.17, 15) is 14.7 Å². The Bertz CT molecular complexity index is 535. The van der Waals surface area contributed by atoms with E-state index in [1.54, 1.807) is 6.08 Å². The van der Waals surface area contributed by atoms with E-state index in [2.05, 4.69) is 6.92 Å². The number of allylic oxidation sites excluding steroid dienone is 3. The molecule has 2 aliphatic rings. The smallest absolute Gasteiger partial charge is 0.205 e. The monoisotopic (exact) mass is 290 g/mol. The number of hydrogen-bond acceptors (Lipinski definition) is 4. The highest BCUT2D eigenvalue weighted by atomic mass is 16.5. The second-order valence-corrected chi connectivity index (χ2v) is 5.79. The maximum Gasteiger partial charge on any atom is 0.205 e. The van der Waals surface area contributed by atoms with Crippen molar-refractivity contribution in [2.45, 2.75) is 58.0 Å². The quantitative estimate of drug-likeness (QED) is 0.603. The highest BCUT2D eigenvalue weighted by molar-refractivity contribution is 6.25. The summed E-state index contributed by atoms with van der Waals surface area (Å²) < 4.78 is 5.47. The van der Waals surface area contributed by atoms with Crippen molar-refractivity contribution in [2.75, 3.05) is 0 Å². The summed E-state index contributed by atoms with van der Waals surface area (Å²) in [5.74, 6) is -0.396. The van der Waals surface area contributed by atoms with Gasteiger partial charge in [0.1, 0.15) is 12.0 Å². The Labute approximate surface area is 125 Å². The zero-order chi connectivity index (χ0) is 15.5. The number of Topliss-reactive ketones (excluding diaryl/α,β-unsaturated/α-hetero) is 1. The topological polar surface area (TPSA) is 63.6 Å². The van der Waals surface area contributed by atoms with Crippen molar-refractivity contribution < 1.29 is 19.4 Å². The van der Waals surface area contributed by atoms with Crippen molar-refractivity contribution in [3.63, 3.8) is 0 Å². The largest absolute Gasteiger partial charge is 0.469 e. The summed E-state index contributed by atoms with van der Waals surface area (Å²) in [4.78, 5) is 23.8. The second kappa shape index (κ2) is 6.39. The van der Waals surface area contributed by atoms with Crippen LogP contribution in [0.2, 0.25) is 0 Å². The third-order valence-corrected chi connectivity index (χ3v) is 3.94. The molecule has 1 aliphatic heterocycles. The molecule has 1 atom stereocenters. The van der Waals surface area contributed by atoms with Crippen LogP contribution in [0.3, 0.4) is 0 Å². The van der Waals surface area contributed by atoms with Gasteiger partial charge < -0.3 is 9.84 Å². The minimum atomic E-state index is -1.97. The summed E-state index contributed by atoms with van der Waals surface area (Å²) in [7, 11) is 0. The molecule has 0 unspecified atom stereocenters. The molecule has 2 rings (SSSR count). The fourth-order valence-electron chi connectivity index (χ4n) is 2.48. The zero-order valence-electron chi connectivity index (χ0n) is 12.6. The molecule has 4 heteroatoms. The fourth-order valence-corrected chi connectivity index (χ4v) is 2.48. The van der Waals surface area contributed by atoms with Gasteiger partial charge in [-0.1, -0.05) is 32.6 Å². The molecule has 4 nitrogen and oxygen atoms in total. The van der Waals surface area contributed by atoms with Gasteiger partial charge in [0.15, 0.2) is 11.4 Å². The van der Waals surface area contributed by atoms with Gasteiger partial charge in [-0.05, 0) is 31.1 Å². The maximum atomic E-state index is 12.0. The number of fused-ring (bicyclic) bond motifs is 1. The molecular weight excluding hydrogens is 268 g/mol. The lowest BCUT2D eigenvalue weighted by molar-refractivity contribution is -0.144. The van der Waals surface area contributed by atoms with Crippen LogP contribution in [0.4, 0.5) is 0 Å². The minimum Gasteiger partial charge on any atom is -0.469 e. The number of ether oxygens (including phenoxy) is 1. The minimum absolute atomic E-state index is 0.273. The summed E-state index contributed by atoms with van der Waals surface area (Å²) in [5, 5.41) is 9.88. The van der Waals surface area contributed by atoms with Crippen molar-refractivity contribution in [1.29, 1.82) is 0 Å². The molecule has 1 N–H and O–H groups in total. The van der Waals surface area contributed by atoms with Crippen molar-refractivity contribution in [3.05, 3.63) is 35.3 Å². The molecule has 0 bridgehead atoms. The van der Waals surface area contributed by atoms with Crippen molar-refractivity contribution in [3.8, 4) is 0 Å². The molecule has 0 spiro atoms. The third kappa shape index (κ3) is 3.32. The van der Waals surface area contributed by atoms with Gasteiger partial charge in [-0.25, -0.2) is 0 Å². The molecule has 0 saturated carbocycles. The van der Waals surface area contributed by atoms with Gasteiger partial charge in [0.2, 0.25) is 5.78 Å². The van der Waals surface area contributed by atoms with Gasteiger partial charge >= 0.3 is 0 Å². The van der Waals surface area contributed by atoms with E-state index < -0.39 is 17.2 Å². The Morgan fingerprint density at radius 3 is 2.57 bits per heavy atom. The lowest BCUT2D eigenvalue weighted by Gasteiger charge is -2.27. The van der Waals surface area contributed by atoms with Gasteiger partial charge in [-0.3, -0.25) is 9.59 Å². The van der Waals surface area contributed by atoms with E-state index in [1.165, 1.54) is 38.5 Å². The van der Waals surface area contributed by atoms with E-state index in [4.69, 9.17) is 4.74 Å². The van der Waals surface area contributed by atoms with Crippen LogP contribution in [-0.2, 0) is 14.3 Å². The number of carbonyl (C=O) groups excluding carboxylic acids is 2. The molecule has 1 heterocycles. The van der Waals surface area contributed by atoms with Crippen LogP contribution in [0.1, 0.15) is 52.4 Å². The third-order valence-electron chi connectivity index (χ3n) is 3.94. The predicted molar refractivity (Wildman–Crippen MR) is 79.3 cm³/mol. The van der Waals surface area contributed by atoms with Crippen molar-refractivity contribution >= 4 is 11.6 Å². The lowest BCUT2D eigenvalue weighted by atomic mass is 9.80. The van der Waals surface area contributed by atoms with Crippen molar-refractivity contribution in [2.24, 2.45) is 0 Å². The van der Waals surface area contributed by atoms with E-state index >= 15 is 0 Å². The second-order valence-electron chi connectivity index (χ2n) is 5.79. The van der Waals surface area contributed by atoms with Crippen LogP contribution in [0.5, 0.6) is 0 Å². The van der Waals surface area contributed by atoms with Crippen LogP contribution >= 0.6 is 0 Å². The molecule has 21 heavy (non-hydrogen) atoms. The van der Waals surface area contributed by atoms with Gasteiger partial charge in [0, 0.05) is 6.42 Å². The molecule has 0 amide bonds. The first-order valence-corrected chi connectivity index (χ1v) is 7.58. The standard InChI is InChI=1S/C17H22O4/c1-3-4-5-6-7-8-13-9-12-10-15(18)17(2,20)16(19)14(12)11-21-13/h9-11,20H,3-8H2,1-2H3/t17-/m1/s1. The maximum absolute atomic E-state index is 12.0. The summed E-state index contributed by atoms with van der Waals surface area (Å²) in [6.45, 7) is 3.40. The van der Waals surface area contributed by atoms with E-state index in [0.29, 0.717) is 5.57 Å². The Hall–Kier alpha value is -1.68. The Kier molecular flexibility index (Phi) is 4.78. The molecule has 0 aromatic carbocycles. The molecule has 0 aromatic rings. The molecule has 0 radical (unpaired) electrons. The van der Waals surface area contributed by atoms with Crippen molar-refractivity contribution in [1.82, 2.24) is 0 Å². The zero-order valence-corrected chi connectivity index (χ0v) is 12.6. The Morgan fingerprint density at radius 1 is 1.14 bits per heavy atom. The first-order valence-electron chi connectivity index (χ1n) is 7.58. The summed E-state index contributed by atoms with van der Waals surface area (Å²) in [5.41, 5.74) is -1.15. The summed E-state index contributed by atoms with van der Waals surface area (Å²) in [6, 6.07) is 0. The van der Waals surface area contributed by atoms with Crippen LogP contribution < -0.4 is 0 Å². The summed E-state index contributed by atoms with van der Waals surface area (Å²) >= 11 is 0. The summed E-state index contributed by atoms with van der Waals surface area (Å²) in [6.07, 6.45) is 11.1. The number of unbranched alkanes of at least 4 members (excludes halogenated alkanes) is 4. The Balaban J connectivity index is 2.01. The van der Waals surface area contributed by atoms with Crippen LogP contribution in [0.25, 0.3) is 0 Å². The normalized spacial score (nSPS) is 24.8. The molecule has 0 fully saturated rings. The SMILES string of the molecule is CCCCCCCC1=CC2=CC(=O)[C@@](C)(O)C(=O)C2=CO1. The Morgan fingerprint density at radius 2 is 1.86 bits per heavy atom. The van der Waals surface area contributed by atoms with Gasteiger partial charge in [-0.15, -0.1) is 0 Å². The van der Waals surface area contributed by atoms with Crippen LogP contribution in [0.15, 0.2) is 35.3 Å². The molecule has 114 valence electrons. The molecular formula is C17H22O4. The first-order chi connectivity index (χ1) is 9.96. The highest BCUT2D eigenvalue weighted by Crippen LogP contribution is 2.32. The van der Waals surface area contributed by atoms with E-state index in [1.807, 2.05) is 0 Å². The number of carbonyl (C=O) groups is 2. The molecule has 0 aromatic heterocycles. The highest BCUT2D eigenvalue weighted by Gasteiger charge is 2.44. The van der Waals surface area contributed by atoms with Gasteiger partial charge in [0.25, 0.3) is 0 Å². The van der Waals surface area contributed by atoms with Crippen LogP contribution in [0, 0.1) is 0 Å². The van der Waals surface area contributed by atoms with Gasteiger partial charge in [-0.2, -0.15) is 0 Å². The number of ketones is 2. The van der Waals surface area contributed by atoms with E-state index in [0.717, 1.165) is 25.0 Å². The average molecular weight is 290 g/mol. The average Bonchev–Trinajstić information content (AvgIpc) is 2.45. The van der Waals surface area contributed by atoms with Crippen LogP contribution in [-0.4, -0.2) is 22.3 Å². The van der Waals surface area contributed by atoms with Gasteiger partial charge in [0.05, 0.1) is 5.57 Å². The fraction of sp³-hybridized carbons (Fsp3) is 0.529. The van der Waals surface area contributed by atoms with E-state index in [-0.39, 0.29) is 5.57 Å². The molecule has 1 aliphatic carbocycles. The number of rotatable bonds is 6. The predicted octanol–water partition coefficient (Wildman–Crippen LogP) is 2.97. The number of aliphatic hydroxyl groups is 1. The molecule has 0 saturated heterocycles. The first kappa shape index (κ1) is 15.7.